The summed E-state index contributed by atoms with van der Waals surface area (Å²) >= 11 is 0. The van der Waals surface area contributed by atoms with Gasteiger partial charge in [-0.15, -0.1) is 0 Å². The highest BCUT2D eigenvalue weighted by Gasteiger charge is 2.26. The van der Waals surface area contributed by atoms with E-state index in [0.717, 1.165) is 0 Å². The van der Waals surface area contributed by atoms with E-state index in [1.54, 1.807) is 27.7 Å². The SMILES string of the molecule is CC(CC(=O)N[C@@H](C)C(=O)OC(C)(C)C)C(C)(C)C. The van der Waals surface area contributed by atoms with E-state index < -0.39 is 17.6 Å². The maximum Gasteiger partial charge on any atom is 0.328 e. The molecule has 0 aliphatic rings. The molecule has 0 rings (SSSR count). The molecule has 0 bridgehead atoms. The Balaban J connectivity index is 4.31. The van der Waals surface area contributed by atoms with E-state index in [1.807, 2.05) is 6.92 Å². The first kappa shape index (κ1) is 17.9. The minimum absolute atomic E-state index is 0.0759. The van der Waals surface area contributed by atoms with Crippen LogP contribution in [0.1, 0.15) is 61.8 Å². The lowest BCUT2D eigenvalue weighted by atomic mass is 9.80. The van der Waals surface area contributed by atoms with Crippen molar-refractivity contribution in [2.24, 2.45) is 11.3 Å². The van der Waals surface area contributed by atoms with Crippen molar-refractivity contribution in [3.05, 3.63) is 0 Å². The number of amides is 1. The summed E-state index contributed by atoms with van der Waals surface area (Å²) in [6, 6.07) is -0.612. The number of rotatable bonds is 4. The van der Waals surface area contributed by atoms with E-state index in [4.69, 9.17) is 4.74 Å². The zero-order valence-electron chi connectivity index (χ0n) is 13.6. The predicted molar refractivity (Wildman–Crippen MR) is 76.7 cm³/mol. The first-order valence-electron chi connectivity index (χ1n) is 6.85. The molecule has 1 unspecified atom stereocenters. The van der Waals surface area contributed by atoms with Crippen LogP contribution in [0.3, 0.4) is 0 Å². The van der Waals surface area contributed by atoms with Crippen LogP contribution in [0.5, 0.6) is 0 Å². The van der Waals surface area contributed by atoms with Gasteiger partial charge in [0, 0.05) is 6.42 Å². The van der Waals surface area contributed by atoms with Crippen molar-refractivity contribution in [2.45, 2.75) is 73.5 Å². The molecule has 0 saturated carbocycles. The molecule has 2 atom stereocenters. The molecule has 0 aromatic carbocycles. The van der Waals surface area contributed by atoms with Gasteiger partial charge in [0.15, 0.2) is 0 Å². The van der Waals surface area contributed by atoms with Gasteiger partial charge in [0.25, 0.3) is 0 Å². The summed E-state index contributed by atoms with van der Waals surface area (Å²) in [5, 5.41) is 2.69. The molecule has 0 fully saturated rings. The molecule has 0 radical (unpaired) electrons. The molecule has 0 aromatic rings. The van der Waals surface area contributed by atoms with E-state index >= 15 is 0 Å². The molecular weight excluding hydrogens is 242 g/mol. The lowest BCUT2D eigenvalue weighted by Crippen LogP contribution is -2.43. The van der Waals surface area contributed by atoms with Crippen LogP contribution in [0, 0.1) is 11.3 Å². The number of ether oxygens (including phenoxy) is 1. The third-order valence-electron chi connectivity index (χ3n) is 3.11. The van der Waals surface area contributed by atoms with E-state index in [1.165, 1.54) is 0 Å². The predicted octanol–water partition coefficient (Wildman–Crippen LogP) is 2.91. The Morgan fingerprint density at radius 3 is 1.89 bits per heavy atom. The Kier molecular flexibility index (Phi) is 6.04. The van der Waals surface area contributed by atoms with Gasteiger partial charge in [-0.25, -0.2) is 4.79 Å². The number of nitrogens with one attached hydrogen (secondary N) is 1. The van der Waals surface area contributed by atoms with E-state index in [0.29, 0.717) is 6.42 Å². The van der Waals surface area contributed by atoms with Gasteiger partial charge in [-0.2, -0.15) is 0 Å². The van der Waals surface area contributed by atoms with Crippen LogP contribution in [-0.2, 0) is 14.3 Å². The second-order valence-electron chi connectivity index (χ2n) is 7.29. The highest BCUT2D eigenvalue weighted by atomic mass is 16.6. The molecule has 0 aliphatic carbocycles. The van der Waals surface area contributed by atoms with Crippen molar-refractivity contribution in [3.8, 4) is 0 Å². The molecule has 19 heavy (non-hydrogen) atoms. The van der Waals surface area contributed by atoms with Gasteiger partial charge in [-0.3, -0.25) is 4.79 Å². The molecule has 0 aromatic heterocycles. The molecule has 0 saturated heterocycles. The van der Waals surface area contributed by atoms with Crippen LogP contribution in [0.25, 0.3) is 0 Å². The normalized spacial score (nSPS) is 15.6. The zero-order chi connectivity index (χ0) is 15.4. The van der Waals surface area contributed by atoms with Gasteiger partial charge in [0.1, 0.15) is 11.6 Å². The highest BCUT2D eigenvalue weighted by Crippen LogP contribution is 2.27. The van der Waals surface area contributed by atoms with Crippen LogP contribution in [0.2, 0.25) is 0 Å². The Morgan fingerprint density at radius 1 is 1.05 bits per heavy atom. The number of hydrogen-bond donors (Lipinski definition) is 1. The van der Waals surface area contributed by atoms with Gasteiger partial charge >= 0.3 is 5.97 Å². The minimum atomic E-state index is -0.612. The Bertz CT molecular complexity index is 323. The average molecular weight is 271 g/mol. The molecule has 4 nitrogen and oxygen atoms in total. The van der Waals surface area contributed by atoms with Crippen molar-refractivity contribution >= 4 is 11.9 Å². The lowest BCUT2D eigenvalue weighted by Gasteiger charge is -2.27. The zero-order valence-corrected chi connectivity index (χ0v) is 13.6. The van der Waals surface area contributed by atoms with Crippen LogP contribution >= 0.6 is 0 Å². The Morgan fingerprint density at radius 2 is 1.53 bits per heavy atom. The smallest absolute Gasteiger partial charge is 0.328 e. The minimum Gasteiger partial charge on any atom is -0.458 e. The fourth-order valence-electron chi connectivity index (χ4n) is 1.33. The van der Waals surface area contributed by atoms with Gasteiger partial charge in [-0.05, 0) is 39.0 Å². The van der Waals surface area contributed by atoms with Gasteiger partial charge < -0.3 is 10.1 Å². The highest BCUT2D eigenvalue weighted by molar-refractivity contribution is 5.84. The number of carbonyl (C=O) groups is 2. The number of hydrogen-bond acceptors (Lipinski definition) is 3. The molecule has 0 heterocycles. The van der Waals surface area contributed by atoms with Crippen molar-refractivity contribution in [2.75, 3.05) is 0 Å². The van der Waals surface area contributed by atoms with Gasteiger partial charge in [-0.1, -0.05) is 27.7 Å². The summed E-state index contributed by atoms with van der Waals surface area (Å²) in [5.74, 6) is -0.261. The molecule has 0 spiro atoms. The molecule has 1 N–H and O–H groups in total. The van der Waals surface area contributed by atoms with Crippen LogP contribution in [0.4, 0.5) is 0 Å². The lowest BCUT2D eigenvalue weighted by molar-refractivity contribution is -0.158. The fourth-order valence-corrected chi connectivity index (χ4v) is 1.33. The quantitative estimate of drug-likeness (QED) is 0.800. The van der Waals surface area contributed by atoms with Gasteiger partial charge in [0.2, 0.25) is 5.91 Å². The second kappa shape index (κ2) is 6.40. The Hall–Kier alpha value is -1.06. The summed E-state index contributed by atoms with van der Waals surface area (Å²) in [6.45, 7) is 15.4. The third-order valence-corrected chi connectivity index (χ3v) is 3.11. The summed E-state index contributed by atoms with van der Waals surface area (Å²) in [4.78, 5) is 23.6. The van der Waals surface area contributed by atoms with E-state index in [9.17, 15) is 9.59 Å². The molecule has 1 amide bonds. The molecule has 112 valence electrons. The summed E-state index contributed by atoms with van der Waals surface area (Å²) in [6.07, 6.45) is 0.413. The van der Waals surface area contributed by atoms with Crippen molar-refractivity contribution < 1.29 is 14.3 Å². The molecular formula is C15H29NO3. The summed E-state index contributed by atoms with van der Waals surface area (Å²) < 4.78 is 5.22. The largest absolute Gasteiger partial charge is 0.458 e. The van der Waals surface area contributed by atoms with Crippen molar-refractivity contribution in [1.82, 2.24) is 5.32 Å². The number of esters is 1. The van der Waals surface area contributed by atoms with Crippen LogP contribution < -0.4 is 5.32 Å². The average Bonchev–Trinajstić information content (AvgIpc) is 2.12. The number of carbonyl (C=O) groups excluding carboxylic acids is 2. The Labute approximate surface area is 117 Å². The second-order valence-corrected chi connectivity index (χ2v) is 7.29. The van der Waals surface area contributed by atoms with Crippen molar-refractivity contribution in [1.29, 1.82) is 0 Å². The molecule has 0 aliphatic heterocycles. The van der Waals surface area contributed by atoms with E-state index in [-0.39, 0.29) is 17.2 Å². The fraction of sp³-hybridized carbons (Fsp3) is 0.867. The topological polar surface area (TPSA) is 55.4 Å². The maximum atomic E-state index is 11.9. The monoisotopic (exact) mass is 271 g/mol. The van der Waals surface area contributed by atoms with Crippen molar-refractivity contribution in [3.63, 3.8) is 0 Å². The van der Waals surface area contributed by atoms with Crippen LogP contribution in [0.15, 0.2) is 0 Å². The first-order valence-corrected chi connectivity index (χ1v) is 6.85. The maximum absolute atomic E-state index is 11.9. The summed E-state index contributed by atoms with van der Waals surface area (Å²) in [5.41, 5.74) is -0.457. The third kappa shape index (κ3) is 7.85. The summed E-state index contributed by atoms with van der Waals surface area (Å²) in [7, 11) is 0. The van der Waals surface area contributed by atoms with Crippen LogP contribution in [-0.4, -0.2) is 23.5 Å². The molecule has 4 heteroatoms. The first-order chi connectivity index (χ1) is 8.33. The van der Waals surface area contributed by atoms with E-state index in [2.05, 4.69) is 26.1 Å². The van der Waals surface area contributed by atoms with Gasteiger partial charge in [0.05, 0.1) is 0 Å². The standard InChI is InChI=1S/C15H29NO3/c1-10(14(3,4)5)9-12(17)16-11(2)13(18)19-15(6,7)8/h10-11H,9H2,1-8H3,(H,16,17)/t10?,11-/m0/s1.